The number of likely N-dealkylation sites (tertiary alicyclic amines) is 1. The van der Waals surface area contributed by atoms with E-state index in [4.69, 9.17) is 16.6 Å². The summed E-state index contributed by atoms with van der Waals surface area (Å²) in [6, 6.07) is 10.4. The molecule has 0 amide bonds. The average molecular weight is 331 g/mol. The van der Waals surface area contributed by atoms with Gasteiger partial charge in [0.25, 0.3) is 0 Å². The van der Waals surface area contributed by atoms with Crippen LogP contribution in [0.2, 0.25) is 5.15 Å². The van der Waals surface area contributed by atoms with Gasteiger partial charge in [0.15, 0.2) is 5.82 Å². The van der Waals surface area contributed by atoms with E-state index in [-0.39, 0.29) is 0 Å². The van der Waals surface area contributed by atoms with Crippen molar-refractivity contribution in [1.29, 1.82) is 0 Å². The Morgan fingerprint density at radius 1 is 1.17 bits per heavy atom. The van der Waals surface area contributed by atoms with E-state index >= 15 is 0 Å². The molecule has 0 bridgehead atoms. The maximum atomic E-state index is 6.43. The van der Waals surface area contributed by atoms with Crippen molar-refractivity contribution >= 4 is 17.4 Å². The second-order valence-electron chi connectivity index (χ2n) is 6.11. The van der Waals surface area contributed by atoms with Gasteiger partial charge in [0.1, 0.15) is 11.0 Å². The number of anilines is 1. The Bertz CT molecular complexity index is 652. The molecule has 1 N–H and O–H groups in total. The van der Waals surface area contributed by atoms with Crippen molar-refractivity contribution in [2.75, 3.05) is 25.5 Å². The van der Waals surface area contributed by atoms with Crippen LogP contribution in [0.3, 0.4) is 0 Å². The summed E-state index contributed by atoms with van der Waals surface area (Å²) >= 11 is 6.43. The first-order valence-corrected chi connectivity index (χ1v) is 8.62. The number of hydrogen-bond donors (Lipinski definition) is 1. The largest absolute Gasteiger partial charge is 0.367 e. The van der Waals surface area contributed by atoms with Crippen LogP contribution in [0.5, 0.6) is 0 Å². The van der Waals surface area contributed by atoms with Crippen molar-refractivity contribution in [2.45, 2.75) is 32.2 Å². The van der Waals surface area contributed by atoms with Crippen LogP contribution in [-0.4, -0.2) is 41.0 Å². The molecule has 2 aromatic rings. The summed E-state index contributed by atoms with van der Waals surface area (Å²) in [6.45, 7) is 4.32. The molecular formula is C18H23ClN4. The first kappa shape index (κ1) is 16.2. The highest BCUT2D eigenvalue weighted by Gasteiger charge is 2.20. The third-order valence-corrected chi connectivity index (χ3v) is 4.71. The van der Waals surface area contributed by atoms with Gasteiger partial charge in [-0.15, -0.1) is 0 Å². The van der Waals surface area contributed by atoms with Crippen molar-refractivity contribution in [2.24, 2.45) is 0 Å². The fraction of sp³-hybridized carbons (Fsp3) is 0.444. The number of rotatable bonds is 4. The molecule has 1 aliphatic rings. The van der Waals surface area contributed by atoms with Crippen LogP contribution in [0.15, 0.2) is 30.3 Å². The molecule has 1 aliphatic heterocycles. The molecule has 4 nitrogen and oxygen atoms in total. The van der Waals surface area contributed by atoms with Crippen molar-refractivity contribution in [3.63, 3.8) is 0 Å². The molecule has 1 aromatic carbocycles. The van der Waals surface area contributed by atoms with Crippen LogP contribution >= 0.6 is 11.6 Å². The highest BCUT2D eigenvalue weighted by molar-refractivity contribution is 6.30. The van der Waals surface area contributed by atoms with Crippen molar-refractivity contribution in [3.8, 4) is 11.4 Å². The van der Waals surface area contributed by atoms with Crippen LogP contribution in [0, 0.1) is 0 Å². The molecular weight excluding hydrogens is 308 g/mol. The van der Waals surface area contributed by atoms with E-state index in [1.807, 2.05) is 30.3 Å². The molecule has 5 heteroatoms. The number of nitrogens with one attached hydrogen (secondary N) is 1. The lowest BCUT2D eigenvalue weighted by molar-refractivity contribution is 0.263. The second-order valence-corrected chi connectivity index (χ2v) is 6.46. The molecule has 1 fully saturated rings. The SMILES string of the molecule is CCc1c(Cl)nc(-c2ccccc2)nc1NC1CCN(C)CC1. The Morgan fingerprint density at radius 2 is 1.87 bits per heavy atom. The number of aromatic nitrogens is 2. The number of nitrogens with zero attached hydrogens (tertiary/aromatic N) is 3. The first-order valence-electron chi connectivity index (χ1n) is 8.24. The molecule has 23 heavy (non-hydrogen) atoms. The van der Waals surface area contributed by atoms with Crippen LogP contribution in [0.25, 0.3) is 11.4 Å². The van der Waals surface area contributed by atoms with Gasteiger partial charge in [0.05, 0.1) is 0 Å². The molecule has 0 unspecified atom stereocenters. The molecule has 3 rings (SSSR count). The van der Waals surface area contributed by atoms with E-state index in [1.165, 1.54) is 0 Å². The zero-order valence-corrected chi connectivity index (χ0v) is 14.5. The van der Waals surface area contributed by atoms with Crippen LogP contribution in [0.4, 0.5) is 5.82 Å². The molecule has 0 atom stereocenters. The summed E-state index contributed by atoms with van der Waals surface area (Å²) in [5, 5.41) is 4.16. The lowest BCUT2D eigenvalue weighted by Crippen LogP contribution is -2.37. The van der Waals surface area contributed by atoms with Crippen molar-refractivity contribution in [1.82, 2.24) is 14.9 Å². The van der Waals surface area contributed by atoms with Gasteiger partial charge in [-0.1, -0.05) is 48.9 Å². The zero-order valence-electron chi connectivity index (χ0n) is 13.7. The average Bonchev–Trinajstić information content (AvgIpc) is 2.57. The number of halogens is 1. The lowest BCUT2D eigenvalue weighted by atomic mass is 10.1. The maximum Gasteiger partial charge on any atom is 0.163 e. The molecule has 0 aliphatic carbocycles. The molecule has 2 heterocycles. The van der Waals surface area contributed by atoms with Crippen molar-refractivity contribution < 1.29 is 0 Å². The third kappa shape index (κ3) is 3.82. The third-order valence-electron chi connectivity index (χ3n) is 4.40. The Morgan fingerprint density at radius 3 is 2.52 bits per heavy atom. The van der Waals surface area contributed by atoms with Crippen LogP contribution < -0.4 is 5.32 Å². The highest BCUT2D eigenvalue weighted by atomic mass is 35.5. The maximum absolute atomic E-state index is 6.43. The Kier molecular flexibility index (Phi) is 5.13. The molecule has 1 saturated heterocycles. The van der Waals surface area contributed by atoms with E-state index < -0.39 is 0 Å². The number of benzene rings is 1. The van der Waals surface area contributed by atoms with Gasteiger partial charge in [0.2, 0.25) is 0 Å². The molecule has 122 valence electrons. The van der Waals surface area contributed by atoms with Crippen LogP contribution in [0.1, 0.15) is 25.3 Å². The van der Waals surface area contributed by atoms with Gasteiger partial charge in [-0.05, 0) is 39.4 Å². The number of hydrogen-bond acceptors (Lipinski definition) is 4. The predicted molar refractivity (Wildman–Crippen MR) is 96.0 cm³/mol. The molecule has 1 aromatic heterocycles. The fourth-order valence-electron chi connectivity index (χ4n) is 2.95. The minimum absolute atomic E-state index is 0.450. The van der Waals surface area contributed by atoms with Gasteiger partial charge in [-0.3, -0.25) is 0 Å². The van der Waals surface area contributed by atoms with Gasteiger partial charge < -0.3 is 10.2 Å². The zero-order chi connectivity index (χ0) is 16.2. The quantitative estimate of drug-likeness (QED) is 0.864. The Hall–Kier alpha value is -1.65. The molecule has 0 saturated carbocycles. The smallest absolute Gasteiger partial charge is 0.163 e. The summed E-state index contributed by atoms with van der Waals surface area (Å²) in [4.78, 5) is 11.6. The number of piperidine rings is 1. The van der Waals surface area contributed by atoms with Gasteiger partial charge in [-0.2, -0.15) is 0 Å². The minimum Gasteiger partial charge on any atom is -0.367 e. The predicted octanol–water partition coefficient (Wildman–Crippen LogP) is 3.87. The Labute approximate surface area is 142 Å². The Balaban J connectivity index is 1.89. The first-order chi connectivity index (χ1) is 11.2. The summed E-state index contributed by atoms with van der Waals surface area (Å²) in [5.74, 6) is 1.57. The standard InChI is InChI=1S/C18H23ClN4/c1-3-15-16(19)21-17(13-7-5-4-6-8-13)22-18(15)20-14-9-11-23(2)12-10-14/h4-8,14H,3,9-12H2,1-2H3,(H,20,21,22). The second kappa shape index (κ2) is 7.28. The monoisotopic (exact) mass is 330 g/mol. The van der Waals surface area contributed by atoms with Gasteiger partial charge >= 0.3 is 0 Å². The van der Waals surface area contributed by atoms with E-state index in [0.717, 1.165) is 49.3 Å². The lowest BCUT2D eigenvalue weighted by Gasteiger charge is -2.30. The normalized spacial score (nSPS) is 16.5. The summed E-state index contributed by atoms with van der Waals surface area (Å²) < 4.78 is 0. The van der Waals surface area contributed by atoms with Gasteiger partial charge in [0, 0.05) is 17.2 Å². The van der Waals surface area contributed by atoms with E-state index in [9.17, 15) is 0 Å². The van der Waals surface area contributed by atoms with Crippen LogP contribution in [-0.2, 0) is 6.42 Å². The molecule has 0 spiro atoms. The minimum atomic E-state index is 0.450. The molecule has 0 radical (unpaired) electrons. The summed E-state index contributed by atoms with van der Waals surface area (Å²) in [7, 11) is 2.17. The summed E-state index contributed by atoms with van der Waals surface area (Å²) in [6.07, 6.45) is 3.08. The summed E-state index contributed by atoms with van der Waals surface area (Å²) in [5.41, 5.74) is 1.99. The van der Waals surface area contributed by atoms with Gasteiger partial charge in [-0.25, -0.2) is 9.97 Å². The van der Waals surface area contributed by atoms with E-state index in [0.29, 0.717) is 17.0 Å². The highest BCUT2D eigenvalue weighted by Crippen LogP contribution is 2.27. The topological polar surface area (TPSA) is 41.1 Å². The van der Waals surface area contributed by atoms with Crippen molar-refractivity contribution in [3.05, 3.63) is 41.0 Å². The fourth-order valence-corrected chi connectivity index (χ4v) is 3.26. The van der Waals surface area contributed by atoms with E-state index in [2.05, 4.69) is 29.2 Å². The van der Waals surface area contributed by atoms with E-state index in [1.54, 1.807) is 0 Å².